The maximum Gasteiger partial charge on any atom is 0.239 e. The highest BCUT2D eigenvalue weighted by Gasteiger charge is 2.26. The van der Waals surface area contributed by atoms with Gasteiger partial charge in [0.15, 0.2) is 0 Å². The third kappa shape index (κ3) is 6.13. The highest BCUT2D eigenvalue weighted by molar-refractivity contribution is 5.88. The minimum absolute atomic E-state index is 0.137. The Morgan fingerprint density at radius 1 is 1.36 bits per heavy atom. The fourth-order valence-electron chi connectivity index (χ4n) is 2.04. The summed E-state index contributed by atoms with van der Waals surface area (Å²) in [6.45, 7) is 5.87. The minimum Gasteiger partial charge on any atom is -0.492 e. The maximum atomic E-state index is 11.9. The molecule has 0 bridgehead atoms. The van der Waals surface area contributed by atoms with Gasteiger partial charge in [-0.25, -0.2) is 0 Å². The number of nitrogens with one attached hydrogen (secondary N) is 2. The molecule has 0 saturated carbocycles. The third-order valence-corrected chi connectivity index (χ3v) is 3.10. The lowest BCUT2D eigenvalue weighted by Crippen LogP contribution is -2.52. The van der Waals surface area contributed by atoms with Crippen molar-refractivity contribution in [2.75, 3.05) is 18.5 Å². The molecule has 6 nitrogen and oxygen atoms in total. The molecule has 4 N–H and O–H groups in total. The summed E-state index contributed by atoms with van der Waals surface area (Å²) >= 11 is 0. The smallest absolute Gasteiger partial charge is 0.239 e. The molecule has 22 heavy (non-hydrogen) atoms. The summed E-state index contributed by atoms with van der Waals surface area (Å²) in [5.41, 5.74) is 5.76. The van der Waals surface area contributed by atoms with Crippen LogP contribution in [0.2, 0.25) is 0 Å². The van der Waals surface area contributed by atoms with Crippen LogP contribution < -0.4 is 21.1 Å². The average Bonchev–Trinajstić information content (AvgIpc) is 2.43. The van der Waals surface area contributed by atoms with Crippen LogP contribution in [0.4, 0.5) is 5.69 Å². The van der Waals surface area contributed by atoms with Gasteiger partial charge in [0.25, 0.3) is 0 Å². The minimum atomic E-state index is -0.847. The number of hydrogen-bond donors (Lipinski definition) is 3. The number of benzene rings is 1. The molecule has 0 radical (unpaired) electrons. The molecule has 6 heteroatoms. The van der Waals surface area contributed by atoms with Gasteiger partial charge in [0, 0.05) is 18.7 Å². The molecular formula is C16H25N3O3. The van der Waals surface area contributed by atoms with E-state index in [4.69, 9.17) is 10.5 Å². The molecule has 1 aromatic carbocycles. The van der Waals surface area contributed by atoms with Gasteiger partial charge in [-0.3, -0.25) is 9.59 Å². The molecule has 0 aliphatic rings. The van der Waals surface area contributed by atoms with Crippen molar-refractivity contribution in [3.63, 3.8) is 0 Å². The molecule has 0 fully saturated rings. The van der Waals surface area contributed by atoms with Gasteiger partial charge in [0.2, 0.25) is 11.8 Å². The van der Waals surface area contributed by atoms with Crippen LogP contribution in [0.15, 0.2) is 24.3 Å². The van der Waals surface area contributed by atoms with E-state index < -0.39 is 5.54 Å². The fourth-order valence-corrected chi connectivity index (χ4v) is 2.04. The molecule has 0 aromatic heterocycles. The number of amides is 2. The predicted octanol–water partition coefficient (Wildman–Crippen LogP) is 1.66. The zero-order valence-corrected chi connectivity index (χ0v) is 13.4. The second kappa shape index (κ2) is 8.38. The molecule has 0 saturated heterocycles. The maximum absolute atomic E-state index is 11.9. The van der Waals surface area contributed by atoms with E-state index in [1.165, 1.54) is 6.92 Å². The van der Waals surface area contributed by atoms with E-state index >= 15 is 0 Å². The van der Waals surface area contributed by atoms with Crippen LogP contribution in [-0.2, 0) is 9.59 Å². The van der Waals surface area contributed by atoms with Crippen LogP contribution in [-0.4, -0.2) is 30.5 Å². The van der Waals surface area contributed by atoms with Gasteiger partial charge in [0.05, 0.1) is 12.1 Å². The van der Waals surface area contributed by atoms with Gasteiger partial charge in [-0.2, -0.15) is 0 Å². The largest absolute Gasteiger partial charge is 0.492 e. The van der Waals surface area contributed by atoms with E-state index in [-0.39, 0.29) is 11.8 Å². The van der Waals surface area contributed by atoms with Crippen LogP contribution in [0.25, 0.3) is 0 Å². The summed E-state index contributed by atoms with van der Waals surface area (Å²) in [6.07, 6.45) is 1.49. The zero-order chi connectivity index (χ0) is 16.6. The Morgan fingerprint density at radius 3 is 2.73 bits per heavy atom. The van der Waals surface area contributed by atoms with Crippen LogP contribution in [0.5, 0.6) is 5.75 Å². The Kier molecular flexibility index (Phi) is 6.85. The number of hydrogen-bond acceptors (Lipinski definition) is 4. The van der Waals surface area contributed by atoms with E-state index in [1.54, 1.807) is 31.2 Å². The summed E-state index contributed by atoms with van der Waals surface area (Å²) < 4.78 is 5.54. The highest BCUT2D eigenvalue weighted by atomic mass is 16.5. The van der Waals surface area contributed by atoms with Gasteiger partial charge in [0.1, 0.15) is 12.4 Å². The van der Waals surface area contributed by atoms with E-state index in [2.05, 4.69) is 10.6 Å². The Hall–Kier alpha value is -2.08. The summed E-state index contributed by atoms with van der Waals surface area (Å²) in [6, 6.07) is 7.09. The van der Waals surface area contributed by atoms with Crippen molar-refractivity contribution in [3.05, 3.63) is 24.3 Å². The summed E-state index contributed by atoms with van der Waals surface area (Å²) in [7, 11) is 0. The number of nitrogens with two attached hydrogens (primary N) is 1. The summed E-state index contributed by atoms with van der Waals surface area (Å²) in [5.74, 6) is 0.317. The molecular weight excluding hydrogens is 282 g/mol. The van der Waals surface area contributed by atoms with Crippen LogP contribution in [0, 0.1) is 0 Å². The standard InChI is InChI=1S/C16H25N3O3/c1-4-8-16(3,17)15(21)18-9-10-22-14-7-5-6-13(11-14)19-12(2)20/h5-7,11H,4,8-10,17H2,1-3H3,(H,18,21)(H,19,20). The topological polar surface area (TPSA) is 93.5 Å². The third-order valence-electron chi connectivity index (χ3n) is 3.10. The van der Waals surface area contributed by atoms with Crippen molar-refractivity contribution >= 4 is 17.5 Å². The normalized spacial score (nSPS) is 13.1. The molecule has 0 spiro atoms. The quantitative estimate of drug-likeness (QED) is 0.637. The van der Waals surface area contributed by atoms with Gasteiger partial charge in [-0.1, -0.05) is 19.4 Å². The molecule has 0 aliphatic carbocycles. The Labute approximate surface area is 131 Å². The monoisotopic (exact) mass is 307 g/mol. The van der Waals surface area contributed by atoms with Gasteiger partial charge >= 0.3 is 0 Å². The molecule has 2 amide bonds. The zero-order valence-electron chi connectivity index (χ0n) is 13.4. The van der Waals surface area contributed by atoms with Crippen LogP contribution in [0.1, 0.15) is 33.6 Å². The molecule has 1 atom stereocenters. The lowest BCUT2D eigenvalue weighted by atomic mass is 9.97. The fraction of sp³-hybridized carbons (Fsp3) is 0.500. The lowest BCUT2D eigenvalue weighted by molar-refractivity contribution is -0.126. The molecule has 122 valence electrons. The SMILES string of the molecule is CCCC(C)(N)C(=O)NCCOc1cccc(NC(C)=O)c1. The number of rotatable bonds is 8. The van der Waals surface area contributed by atoms with Crippen LogP contribution >= 0.6 is 0 Å². The van der Waals surface area contributed by atoms with Gasteiger partial charge in [-0.05, 0) is 25.5 Å². The van der Waals surface area contributed by atoms with Gasteiger partial charge < -0.3 is 21.1 Å². The number of anilines is 1. The first-order valence-electron chi connectivity index (χ1n) is 7.43. The molecule has 1 unspecified atom stereocenters. The van der Waals surface area contributed by atoms with Gasteiger partial charge in [-0.15, -0.1) is 0 Å². The first-order valence-corrected chi connectivity index (χ1v) is 7.43. The van der Waals surface area contributed by atoms with Crippen molar-refractivity contribution in [3.8, 4) is 5.75 Å². The van der Waals surface area contributed by atoms with Crippen LogP contribution in [0.3, 0.4) is 0 Å². The molecule has 1 aromatic rings. The number of ether oxygens (including phenoxy) is 1. The van der Waals surface area contributed by atoms with E-state index in [0.29, 0.717) is 31.0 Å². The summed E-state index contributed by atoms with van der Waals surface area (Å²) in [4.78, 5) is 22.9. The first kappa shape index (κ1) is 18.0. The lowest BCUT2D eigenvalue weighted by Gasteiger charge is -2.22. The first-order chi connectivity index (χ1) is 10.3. The highest BCUT2D eigenvalue weighted by Crippen LogP contribution is 2.17. The Balaban J connectivity index is 2.38. The van der Waals surface area contributed by atoms with E-state index in [1.807, 2.05) is 6.92 Å². The Morgan fingerprint density at radius 2 is 2.09 bits per heavy atom. The molecule has 0 aliphatic heterocycles. The summed E-state index contributed by atoms with van der Waals surface area (Å²) in [5, 5.41) is 5.45. The van der Waals surface area contributed by atoms with Crippen molar-refractivity contribution in [2.24, 2.45) is 5.73 Å². The second-order valence-electron chi connectivity index (χ2n) is 5.48. The molecule has 0 heterocycles. The van der Waals surface area contributed by atoms with Crippen molar-refractivity contribution < 1.29 is 14.3 Å². The van der Waals surface area contributed by atoms with Crippen molar-refractivity contribution in [1.82, 2.24) is 5.32 Å². The van der Waals surface area contributed by atoms with E-state index in [9.17, 15) is 9.59 Å². The average molecular weight is 307 g/mol. The van der Waals surface area contributed by atoms with Crippen molar-refractivity contribution in [2.45, 2.75) is 39.2 Å². The number of carbonyl (C=O) groups is 2. The van der Waals surface area contributed by atoms with E-state index in [0.717, 1.165) is 6.42 Å². The predicted molar refractivity (Wildman–Crippen MR) is 86.8 cm³/mol. The van der Waals surface area contributed by atoms with Crippen molar-refractivity contribution in [1.29, 1.82) is 0 Å². The number of carbonyl (C=O) groups excluding carboxylic acids is 2. The Bertz CT molecular complexity index is 515. The second-order valence-corrected chi connectivity index (χ2v) is 5.48. The molecule has 1 rings (SSSR count).